The maximum absolute atomic E-state index is 13.4. The summed E-state index contributed by atoms with van der Waals surface area (Å²) in [6.45, 7) is 0. The van der Waals surface area contributed by atoms with Gasteiger partial charge in [0.05, 0.1) is 10.9 Å². The number of nitrogens with one attached hydrogen (secondary N) is 1. The third-order valence-corrected chi connectivity index (χ3v) is 5.86. The first-order valence-corrected chi connectivity index (χ1v) is 9.49. The van der Waals surface area contributed by atoms with Crippen LogP contribution in [0.15, 0.2) is 64.9 Å². The van der Waals surface area contributed by atoms with Crippen LogP contribution in [0, 0.1) is 17.5 Å². The Morgan fingerprint density at radius 1 is 0.920 bits per heavy atom. The van der Waals surface area contributed by atoms with Gasteiger partial charge in [0.1, 0.15) is 5.82 Å². The molecule has 0 aliphatic carbocycles. The van der Waals surface area contributed by atoms with Gasteiger partial charge >= 0.3 is 0 Å². The zero-order valence-electron chi connectivity index (χ0n) is 12.6. The summed E-state index contributed by atoms with van der Waals surface area (Å²) < 4.78 is 67.2. The van der Waals surface area contributed by atoms with Crippen LogP contribution in [0.2, 0.25) is 0 Å². The Labute approximate surface area is 146 Å². The predicted octanol–water partition coefficient (Wildman–Crippen LogP) is 4.23. The molecule has 0 spiro atoms. The lowest BCUT2D eigenvalue weighted by Gasteiger charge is -2.18. The minimum Gasteiger partial charge on any atom is -0.207 e. The summed E-state index contributed by atoms with van der Waals surface area (Å²) in [5.74, 6) is -2.83. The summed E-state index contributed by atoms with van der Waals surface area (Å²) in [5.41, 5.74) is 0.523. The molecule has 0 radical (unpaired) electrons. The normalized spacial score (nSPS) is 12.9. The van der Waals surface area contributed by atoms with Crippen LogP contribution in [0.4, 0.5) is 13.2 Å². The topological polar surface area (TPSA) is 46.2 Å². The van der Waals surface area contributed by atoms with E-state index in [1.54, 1.807) is 17.5 Å². The second kappa shape index (κ2) is 6.99. The van der Waals surface area contributed by atoms with Crippen molar-refractivity contribution in [1.29, 1.82) is 0 Å². The molecule has 0 aliphatic rings. The van der Waals surface area contributed by atoms with Crippen molar-refractivity contribution < 1.29 is 21.6 Å². The highest BCUT2D eigenvalue weighted by Crippen LogP contribution is 2.28. The van der Waals surface area contributed by atoms with E-state index in [2.05, 4.69) is 4.72 Å². The van der Waals surface area contributed by atoms with E-state index in [0.29, 0.717) is 16.5 Å². The van der Waals surface area contributed by atoms with E-state index in [4.69, 9.17) is 0 Å². The van der Waals surface area contributed by atoms with Gasteiger partial charge in [0, 0.05) is 4.88 Å². The smallest absolute Gasteiger partial charge is 0.207 e. The Kier molecular flexibility index (Phi) is 4.94. The molecule has 0 unspecified atom stereocenters. The lowest BCUT2D eigenvalue weighted by Crippen LogP contribution is -2.29. The first kappa shape index (κ1) is 17.7. The summed E-state index contributed by atoms with van der Waals surface area (Å²) >= 11 is 1.32. The molecular weight excluding hydrogens is 371 g/mol. The van der Waals surface area contributed by atoms with Crippen molar-refractivity contribution >= 4 is 21.4 Å². The van der Waals surface area contributed by atoms with Gasteiger partial charge in [-0.15, -0.1) is 11.3 Å². The lowest BCUT2D eigenvalue weighted by molar-refractivity contribution is 0.504. The Hall–Kier alpha value is -2.16. The average molecular weight is 383 g/mol. The second-order valence-electron chi connectivity index (χ2n) is 5.20. The molecule has 3 aromatic rings. The fraction of sp³-hybridized carbons (Fsp3) is 0.0588. The van der Waals surface area contributed by atoms with Crippen LogP contribution in [-0.2, 0) is 10.0 Å². The molecule has 3 rings (SSSR count). The van der Waals surface area contributed by atoms with Crippen LogP contribution >= 0.6 is 11.3 Å². The number of hydrogen-bond acceptors (Lipinski definition) is 3. The van der Waals surface area contributed by atoms with Crippen molar-refractivity contribution in [2.24, 2.45) is 0 Å². The van der Waals surface area contributed by atoms with Gasteiger partial charge in [-0.2, -0.15) is 4.72 Å². The molecule has 1 heterocycles. The zero-order chi connectivity index (χ0) is 18.0. The molecule has 2 aromatic carbocycles. The minimum absolute atomic E-state index is 0.393. The molecule has 0 aliphatic heterocycles. The van der Waals surface area contributed by atoms with Crippen LogP contribution in [0.1, 0.15) is 16.5 Å². The van der Waals surface area contributed by atoms with Gasteiger partial charge in [-0.1, -0.05) is 18.2 Å². The third kappa shape index (κ3) is 3.92. The highest BCUT2D eigenvalue weighted by atomic mass is 32.2. The molecule has 0 bridgehead atoms. The highest BCUT2D eigenvalue weighted by molar-refractivity contribution is 7.89. The number of thiophene rings is 1. The highest BCUT2D eigenvalue weighted by Gasteiger charge is 2.24. The van der Waals surface area contributed by atoms with E-state index in [1.165, 1.54) is 35.6 Å². The van der Waals surface area contributed by atoms with Crippen LogP contribution in [0.5, 0.6) is 0 Å². The van der Waals surface area contributed by atoms with Crippen molar-refractivity contribution in [2.75, 3.05) is 0 Å². The molecule has 0 amide bonds. The Bertz CT molecular complexity index is 972. The summed E-state index contributed by atoms with van der Waals surface area (Å²) in [6, 6.07) is 10.4. The standard InChI is InChI=1S/C17H12F3NO2S2/c18-12-5-3-11(4-6-12)17(16-2-1-9-24-16)21-25(22,23)13-7-8-14(19)15(20)10-13/h1-10,17,21H/t17-/m0/s1. The van der Waals surface area contributed by atoms with Crippen LogP contribution in [0.25, 0.3) is 0 Å². The van der Waals surface area contributed by atoms with E-state index in [-0.39, 0.29) is 0 Å². The van der Waals surface area contributed by atoms with Crippen molar-refractivity contribution in [1.82, 2.24) is 4.72 Å². The molecule has 8 heteroatoms. The minimum atomic E-state index is -4.13. The van der Waals surface area contributed by atoms with Crippen molar-refractivity contribution in [3.63, 3.8) is 0 Å². The lowest BCUT2D eigenvalue weighted by atomic mass is 10.1. The Morgan fingerprint density at radius 3 is 2.24 bits per heavy atom. The van der Waals surface area contributed by atoms with Crippen LogP contribution in [0.3, 0.4) is 0 Å². The molecule has 25 heavy (non-hydrogen) atoms. The SMILES string of the molecule is O=S(=O)(N[C@@H](c1ccc(F)cc1)c1cccs1)c1ccc(F)c(F)c1. The number of benzene rings is 2. The molecule has 3 nitrogen and oxygen atoms in total. The maximum atomic E-state index is 13.4. The van der Waals surface area contributed by atoms with Gasteiger partial charge in [0.15, 0.2) is 11.6 Å². The quantitative estimate of drug-likeness (QED) is 0.717. The van der Waals surface area contributed by atoms with Gasteiger partial charge < -0.3 is 0 Å². The van der Waals surface area contributed by atoms with E-state index >= 15 is 0 Å². The molecule has 1 atom stereocenters. The van der Waals surface area contributed by atoms with Gasteiger partial charge in [-0.05, 0) is 47.3 Å². The van der Waals surface area contributed by atoms with E-state index in [0.717, 1.165) is 12.1 Å². The molecule has 0 saturated heterocycles. The van der Waals surface area contributed by atoms with Crippen LogP contribution in [-0.4, -0.2) is 8.42 Å². The Morgan fingerprint density at radius 2 is 1.64 bits per heavy atom. The van der Waals surface area contributed by atoms with Gasteiger partial charge in [-0.25, -0.2) is 21.6 Å². The fourth-order valence-corrected chi connectivity index (χ4v) is 4.36. The Balaban J connectivity index is 1.99. The van der Waals surface area contributed by atoms with E-state index in [9.17, 15) is 21.6 Å². The van der Waals surface area contributed by atoms with Gasteiger partial charge in [0.25, 0.3) is 0 Å². The molecule has 0 fully saturated rings. The zero-order valence-corrected chi connectivity index (χ0v) is 14.3. The number of sulfonamides is 1. The number of rotatable bonds is 5. The van der Waals surface area contributed by atoms with E-state index < -0.39 is 38.4 Å². The van der Waals surface area contributed by atoms with Gasteiger partial charge in [-0.3, -0.25) is 0 Å². The predicted molar refractivity (Wildman–Crippen MR) is 89.2 cm³/mol. The summed E-state index contributed by atoms with van der Waals surface area (Å²) in [6.07, 6.45) is 0. The first-order chi connectivity index (χ1) is 11.9. The molecule has 130 valence electrons. The third-order valence-electron chi connectivity index (χ3n) is 3.51. The first-order valence-electron chi connectivity index (χ1n) is 7.13. The summed E-state index contributed by atoms with van der Waals surface area (Å²) in [5, 5.41) is 1.78. The molecule has 1 aromatic heterocycles. The van der Waals surface area contributed by atoms with Crippen LogP contribution < -0.4 is 4.72 Å². The van der Waals surface area contributed by atoms with E-state index in [1.807, 2.05) is 0 Å². The van der Waals surface area contributed by atoms with Gasteiger partial charge in [0.2, 0.25) is 10.0 Å². The maximum Gasteiger partial charge on any atom is 0.241 e. The number of hydrogen-bond donors (Lipinski definition) is 1. The molecule has 0 saturated carbocycles. The monoisotopic (exact) mass is 383 g/mol. The average Bonchev–Trinajstić information content (AvgIpc) is 3.10. The number of halogens is 3. The van der Waals surface area contributed by atoms with Crippen molar-refractivity contribution in [3.05, 3.63) is 87.9 Å². The fourth-order valence-electron chi connectivity index (χ4n) is 2.27. The summed E-state index contributed by atoms with van der Waals surface area (Å²) in [7, 11) is -4.13. The second-order valence-corrected chi connectivity index (χ2v) is 7.89. The summed E-state index contributed by atoms with van der Waals surface area (Å²) in [4.78, 5) is 0.285. The molecular formula is C17H12F3NO2S2. The van der Waals surface area contributed by atoms with Crippen molar-refractivity contribution in [2.45, 2.75) is 10.9 Å². The van der Waals surface area contributed by atoms with Crippen molar-refractivity contribution in [3.8, 4) is 0 Å². The largest absolute Gasteiger partial charge is 0.241 e. The molecule has 1 N–H and O–H groups in total.